The third kappa shape index (κ3) is 3.35. The minimum absolute atomic E-state index is 0.100. The highest BCUT2D eigenvalue weighted by Gasteiger charge is 2.26. The van der Waals surface area contributed by atoms with E-state index in [-0.39, 0.29) is 27.9 Å². The van der Waals surface area contributed by atoms with E-state index in [4.69, 9.17) is 0 Å². The van der Waals surface area contributed by atoms with Crippen LogP contribution in [0.2, 0.25) is 0 Å². The van der Waals surface area contributed by atoms with Gasteiger partial charge in [-0.2, -0.15) is 5.10 Å². The lowest BCUT2D eigenvalue weighted by atomic mass is 10.1. The van der Waals surface area contributed by atoms with Gasteiger partial charge in [0.1, 0.15) is 5.82 Å². The van der Waals surface area contributed by atoms with Crippen LogP contribution in [-0.4, -0.2) is 51.8 Å². The summed E-state index contributed by atoms with van der Waals surface area (Å²) in [6.07, 6.45) is 3.69. The Labute approximate surface area is 167 Å². The number of carbonyl (C=O) groups is 1. The summed E-state index contributed by atoms with van der Waals surface area (Å²) in [5, 5.41) is 4.68. The van der Waals surface area contributed by atoms with Crippen LogP contribution in [0.25, 0.3) is 10.8 Å². The topological polar surface area (TPSA) is 71.3 Å². The molecule has 0 bridgehead atoms. The van der Waals surface area contributed by atoms with E-state index in [9.17, 15) is 14.0 Å². The second kappa shape index (κ2) is 7.27. The number of hydrogen-bond acceptors (Lipinski definition) is 5. The van der Waals surface area contributed by atoms with Crippen molar-refractivity contribution >= 4 is 22.4 Å². The summed E-state index contributed by atoms with van der Waals surface area (Å²) in [6, 6.07) is 3.82. The fraction of sp³-hybridized carbons (Fsp3) is 0.333. The Bertz CT molecular complexity index is 1170. The first-order valence-electron chi connectivity index (χ1n) is 9.49. The summed E-state index contributed by atoms with van der Waals surface area (Å²) in [5.74, 6) is -0.802. The summed E-state index contributed by atoms with van der Waals surface area (Å²) >= 11 is 0. The van der Waals surface area contributed by atoms with Crippen LogP contribution >= 0.6 is 0 Å². The van der Waals surface area contributed by atoms with Gasteiger partial charge < -0.3 is 9.80 Å². The van der Waals surface area contributed by atoms with E-state index in [1.165, 1.54) is 30.8 Å². The zero-order chi connectivity index (χ0) is 20.7. The van der Waals surface area contributed by atoms with Gasteiger partial charge >= 0.3 is 0 Å². The maximum absolute atomic E-state index is 13.8. The quantitative estimate of drug-likeness (QED) is 0.664. The Hall–Kier alpha value is -3.29. The van der Waals surface area contributed by atoms with Gasteiger partial charge in [-0.05, 0) is 43.2 Å². The Balaban J connectivity index is 1.61. The molecule has 4 rings (SSSR count). The molecule has 1 aromatic carbocycles. The normalized spacial score (nSPS) is 14.5. The van der Waals surface area contributed by atoms with Crippen LogP contribution in [0.15, 0.2) is 35.4 Å². The van der Waals surface area contributed by atoms with Gasteiger partial charge in [0.25, 0.3) is 11.5 Å². The molecule has 3 heterocycles. The number of carbonyl (C=O) groups excluding carboxylic acids is 1. The number of amides is 1. The highest BCUT2D eigenvalue weighted by molar-refractivity contribution is 6.04. The summed E-state index contributed by atoms with van der Waals surface area (Å²) in [4.78, 5) is 33.6. The predicted octanol–water partition coefficient (Wildman–Crippen LogP) is 2.05. The van der Waals surface area contributed by atoms with Crippen molar-refractivity contribution in [3.63, 3.8) is 0 Å². The second-order valence-corrected chi connectivity index (χ2v) is 7.35. The Morgan fingerprint density at radius 1 is 1.07 bits per heavy atom. The van der Waals surface area contributed by atoms with Gasteiger partial charge in [-0.3, -0.25) is 14.6 Å². The van der Waals surface area contributed by atoms with Crippen LogP contribution < -0.4 is 10.5 Å². The molecular formula is C21H22FN5O2. The standard InChI is InChI=1S/C21H22FN5O2/c1-13-11-23-12-18(14(13)2)26-6-8-27(9-7-26)21(29)19-17-10-15(22)4-5-16(17)20(28)25(3)24-19/h4-5,10-12H,6-9H2,1-3H3. The number of aryl methyl sites for hydroxylation is 2. The number of anilines is 1. The molecule has 0 saturated carbocycles. The Morgan fingerprint density at radius 2 is 1.79 bits per heavy atom. The molecule has 3 aromatic rings. The summed E-state index contributed by atoms with van der Waals surface area (Å²) < 4.78 is 14.9. The van der Waals surface area contributed by atoms with Gasteiger partial charge in [-0.15, -0.1) is 0 Å². The third-order valence-corrected chi connectivity index (χ3v) is 5.56. The molecule has 29 heavy (non-hydrogen) atoms. The lowest BCUT2D eigenvalue weighted by Gasteiger charge is -2.36. The molecule has 0 N–H and O–H groups in total. The largest absolute Gasteiger partial charge is 0.367 e. The zero-order valence-corrected chi connectivity index (χ0v) is 16.6. The number of nitrogens with zero attached hydrogens (tertiary/aromatic N) is 5. The molecule has 7 nitrogen and oxygen atoms in total. The van der Waals surface area contributed by atoms with Gasteiger partial charge in [0.15, 0.2) is 5.69 Å². The zero-order valence-electron chi connectivity index (χ0n) is 16.6. The highest BCUT2D eigenvalue weighted by atomic mass is 19.1. The van der Waals surface area contributed by atoms with Gasteiger partial charge in [0, 0.05) is 44.8 Å². The molecule has 0 aliphatic carbocycles. The van der Waals surface area contributed by atoms with Crippen molar-refractivity contribution in [2.45, 2.75) is 13.8 Å². The van der Waals surface area contributed by atoms with E-state index < -0.39 is 5.82 Å². The molecule has 150 valence electrons. The number of piperazine rings is 1. The van der Waals surface area contributed by atoms with E-state index in [2.05, 4.69) is 21.9 Å². The summed E-state index contributed by atoms with van der Waals surface area (Å²) in [5.41, 5.74) is 3.13. The minimum atomic E-state index is -0.506. The van der Waals surface area contributed by atoms with Crippen molar-refractivity contribution < 1.29 is 9.18 Å². The predicted molar refractivity (Wildman–Crippen MR) is 109 cm³/mol. The molecule has 0 atom stereocenters. The number of halogens is 1. The fourth-order valence-corrected chi connectivity index (χ4v) is 3.71. The van der Waals surface area contributed by atoms with Crippen LogP contribution in [0.5, 0.6) is 0 Å². The van der Waals surface area contributed by atoms with Gasteiger partial charge in [-0.1, -0.05) is 0 Å². The van der Waals surface area contributed by atoms with E-state index in [0.29, 0.717) is 26.2 Å². The van der Waals surface area contributed by atoms with Gasteiger partial charge in [0.2, 0.25) is 0 Å². The van der Waals surface area contributed by atoms with Crippen LogP contribution in [0.3, 0.4) is 0 Å². The molecule has 1 fully saturated rings. The van der Waals surface area contributed by atoms with E-state index in [1.54, 1.807) is 4.90 Å². The van der Waals surface area contributed by atoms with Crippen LogP contribution in [-0.2, 0) is 7.05 Å². The molecular weight excluding hydrogens is 373 g/mol. The number of benzene rings is 1. The molecule has 1 saturated heterocycles. The lowest BCUT2D eigenvalue weighted by Crippen LogP contribution is -2.49. The lowest BCUT2D eigenvalue weighted by molar-refractivity contribution is 0.0740. The van der Waals surface area contributed by atoms with Crippen LogP contribution in [0, 0.1) is 19.7 Å². The van der Waals surface area contributed by atoms with Crippen molar-refractivity contribution in [2.24, 2.45) is 7.05 Å². The first-order chi connectivity index (χ1) is 13.9. The fourth-order valence-electron chi connectivity index (χ4n) is 3.71. The molecule has 8 heteroatoms. The van der Waals surface area contributed by atoms with Gasteiger partial charge in [-0.25, -0.2) is 9.07 Å². The van der Waals surface area contributed by atoms with Crippen LogP contribution in [0.4, 0.5) is 10.1 Å². The van der Waals surface area contributed by atoms with Gasteiger partial charge in [0.05, 0.1) is 17.3 Å². The average molecular weight is 395 g/mol. The first-order valence-corrected chi connectivity index (χ1v) is 9.49. The number of fused-ring (bicyclic) bond motifs is 1. The third-order valence-electron chi connectivity index (χ3n) is 5.56. The van der Waals surface area contributed by atoms with E-state index >= 15 is 0 Å². The molecule has 0 unspecified atom stereocenters. The highest BCUT2D eigenvalue weighted by Crippen LogP contribution is 2.23. The van der Waals surface area contributed by atoms with Crippen molar-refractivity contribution in [2.75, 3.05) is 31.1 Å². The smallest absolute Gasteiger partial charge is 0.275 e. The maximum Gasteiger partial charge on any atom is 0.275 e. The first kappa shape index (κ1) is 19.0. The molecule has 1 amide bonds. The molecule has 1 aliphatic heterocycles. The Kier molecular flexibility index (Phi) is 4.77. The van der Waals surface area contributed by atoms with E-state index in [0.717, 1.165) is 15.9 Å². The van der Waals surface area contributed by atoms with E-state index in [1.807, 2.05) is 19.3 Å². The van der Waals surface area contributed by atoms with Crippen molar-refractivity contribution in [1.82, 2.24) is 19.7 Å². The number of rotatable bonds is 2. The van der Waals surface area contributed by atoms with Crippen LogP contribution in [0.1, 0.15) is 21.6 Å². The summed E-state index contributed by atoms with van der Waals surface area (Å²) in [7, 11) is 1.49. The number of aromatic nitrogens is 3. The average Bonchev–Trinajstić information content (AvgIpc) is 2.72. The number of pyridine rings is 1. The monoisotopic (exact) mass is 395 g/mol. The Morgan fingerprint density at radius 3 is 2.52 bits per heavy atom. The van der Waals surface area contributed by atoms with Crippen molar-refractivity contribution in [1.29, 1.82) is 0 Å². The number of hydrogen-bond donors (Lipinski definition) is 0. The second-order valence-electron chi connectivity index (χ2n) is 7.35. The minimum Gasteiger partial charge on any atom is -0.367 e. The summed E-state index contributed by atoms with van der Waals surface area (Å²) in [6.45, 7) is 6.44. The molecule has 2 aromatic heterocycles. The van der Waals surface area contributed by atoms with Crippen molar-refractivity contribution in [3.05, 3.63) is 63.6 Å². The molecule has 0 radical (unpaired) electrons. The SMILES string of the molecule is Cc1cncc(N2CCN(C(=O)c3nn(C)c(=O)c4ccc(F)cc34)CC2)c1C. The maximum atomic E-state index is 13.8. The molecule has 1 aliphatic rings. The van der Waals surface area contributed by atoms with Crippen molar-refractivity contribution in [3.8, 4) is 0 Å². The molecule has 0 spiro atoms.